The molecule has 0 saturated carbocycles. The molecule has 4 nitrogen and oxygen atoms in total. The Labute approximate surface area is 154 Å². The highest BCUT2D eigenvalue weighted by Crippen LogP contribution is 2.36. The van der Waals surface area contributed by atoms with Crippen molar-refractivity contribution in [2.24, 2.45) is 0 Å². The minimum atomic E-state index is -0.211. The minimum Gasteiger partial charge on any atom is -0.486 e. The smallest absolute Gasteiger partial charge is 0.265 e. The molecule has 128 valence electrons. The standard InChI is InChI=1S/C19H16ClNO3S/c1-21(10-12-11-23-14-7-3-4-8-15(14)24-12)19(22)18-17(20)13-6-2-5-9-16(13)25-18/h2-9,12H,10-11H2,1H3/t12-/m1/s1. The van der Waals surface area contributed by atoms with Crippen molar-refractivity contribution >= 4 is 38.9 Å². The Kier molecular flexibility index (Phi) is 4.27. The van der Waals surface area contributed by atoms with E-state index in [9.17, 15) is 4.79 Å². The number of amides is 1. The second-order valence-electron chi connectivity index (χ2n) is 5.92. The SMILES string of the molecule is CN(C[C@@H]1COc2ccccc2O1)C(=O)c1sc2ccccc2c1Cl. The quantitative estimate of drug-likeness (QED) is 0.680. The molecule has 1 aliphatic heterocycles. The summed E-state index contributed by atoms with van der Waals surface area (Å²) in [6, 6.07) is 15.3. The molecule has 1 aliphatic rings. The maximum absolute atomic E-state index is 12.8. The van der Waals surface area contributed by atoms with Gasteiger partial charge in [0.05, 0.1) is 11.6 Å². The van der Waals surface area contributed by atoms with Crippen molar-refractivity contribution in [1.82, 2.24) is 4.90 Å². The molecular formula is C19H16ClNO3S. The summed E-state index contributed by atoms with van der Waals surface area (Å²) in [7, 11) is 1.76. The summed E-state index contributed by atoms with van der Waals surface area (Å²) in [4.78, 5) is 15.0. The van der Waals surface area contributed by atoms with E-state index in [1.807, 2.05) is 48.5 Å². The summed E-state index contributed by atoms with van der Waals surface area (Å²) >= 11 is 7.83. The van der Waals surface area contributed by atoms with Crippen LogP contribution in [0.2, 0.25) is 5.02 Å². The van der Waals surface area contributed by atoms with Gasteiger partial charge >= 0.3 is 0 Å². The minimum absolute atomic E-state index is 0.103. The molecule has 0 fully saturated rings. The van der Waals surface area contributed by atoms with Crippen molar-refractivity contribution in [3.05, 3.63) is 58.4 Å². The van der Waals surface area contributed by atoms with Gasteiger partial charge in [-0.1, -0.05) is 41.9 Å². The highest BCUT2D eigenvalue weighted by molar-refractivity contribution is 7.21. The molecule has 25 heavy (non-hydrogen) atoms. The highest BCUT2D eigenvalue weighted by Gasteiger charge is 2.26. The van der Waals surface area contributed by atoms with Crippen LogP contribution in [-0.4, -0.2) is 37.1 Å². The number of para-hydroxylation sites is 2. The molecule has 6 heteroatoms. The first kappa shape index (κ1) is 16.2. The van der Waals surface area contributed by atoms with E-state index >= 15 is 0 Å². The van der Waals surface area contributed by atoms with Crippen LogP contribution in [0.5, 0.6) is 11.5 Å². The lowest BCUT2D eigenvalue weighted by atomic mass is 10.2. The van der Waals surface area contributed by atoms with Crippen LogP contribution in [0.3, 0.4) is 0 Å². The summed E-state index contributed by atoms with van der Waals surface area (Å²) in [5, 5.41) is 1.43. The summed E-state index contributed by atoms with van der Waals surface area (Å²) < 4.78 is 12.6. The van der Waals surface area contributed by atoms with Crippen LogP contribution >= 0.6 is 22.9 Å². The second kappa shape index (κ2) is 6.58. The number of fused-ring (bicyclic) bond motifs is 2. The number of thiophene rings is 1. The molecular weight excluding hydrogens is 358 g/mol. The zero-order valence-corrected chi connectivity index (χ0v) is 15.1. The van der Waals surface area contributed by atoms with Gasteiger partial charge in [-0.2, -0.15) is 0 Å². The van der Waals surface area contributed by atoms with Gasteiger partial charge in [-0.05, 0) is 18.2 Å². The summed E-state index contributed by atoms with van der Waals surface area (Å²) in [6.07, 6.45) is -0.211. The van der Waals surface area contributed by atoms with Crippen LogP contribution in [0.1, 0.15) is 9.67 Å². The molecule has 0 unspecified atom stereocenters. The lowest BCUT2D eigenvalue weighted by molar-refractivity contribution is 0.0524. The molecule has 0 saturated heterocycles. The third-order valence-electron chi connectivity index (χ3n) is 4.12. The molecule has 0 aliphatic carbocycles. The second-order valence-corrected chi connectivity index (χ2v) is 7.35. The lowest BCUT2D eigenvalue weighted by Gasteiger charge is -2.29. The fourth-order valence-electron chi connectivity index (χ4n) is 2.87. The first-order chi connectivity index (χ1) is 12.1. The number of halogens is 1. The van der Waals surface area contributed by atoms with Gasteiger partial charge in [0.1, 0.15) is 11.5 Å². The fraction of sp³-hybridized carbons (Fsp3) is 0.211. The highest BCUT2D eigenvalue weighted by atomic mass is 35.5. The van der Waals surface area contributed by atoms with Crippen LogP contribution in [0.25, 0.3) is 10.1 Å². The number of hydrogen-bond acceptors (Lipinski definition) is 4. The Balaban J connectivity index is 1.50. The summed E-state index contributed by atoms with van der Waals surface area (Å²) in [5.74, 6) is 1.34. The van der Waals surface area contributed by atoms with Gasteiger partial charge in [0.2, 0.25) is 0 Å². The van der Waals surface area contributed by atoms with E-state index in [1.165, 1.54) is 11.3 Å². The predicted octanol–water partition coefficient (Wildman–Crippen LogP) is 4.47. The number of nitrogens with zero attached hydrogens (tertiary/aromatic N) is 1. The first-order valence-electron chi connectivity index (χ1n) is 7.94. The Morgan fingerprint density at radius 3 is 2.72 bits per heavy atom. The van der Waals surface area contributed by atoms with Crippen LogP contribution in [-0.2, 0) is 0 Å². The molecule has 0 bridgehead atoms. The van der Waals surface area contributed by atoms with E-state index in [0.29, 0.717) is 28.8 Å². The number of benzene rings is 2. The Morgan fingerprint density at radius 1 is 1.20 bits per heavy atom. The van der Waals surface area contributed by atoms with Crippen molar-refractivity contribution in [2.75, 3.05) is 20.2 Å². The van der Waals surface area contributed by atoms with E-state index in [2.05, 4.69) is 0 Å². The molecule has 1 atom stereocenters. The Hall–Kier alpha value is -2.24. The van der Waals surface area contributed by atoms with E-state index < -0.39 is 0 Å². The molecule has 4 rings (SSSR count). The third kappa shape index (κ3) is 3.05. The Morgan fingerprint density at radius 2 is 1.92 bits per heavy atom. The van der Waals surface area contributed by atoms with E-state index in [-0.39, 0.29) is 12.0 Å². The van der Waals surface area contributed by atoms with Gasteiger partial charge < -0.3 is 14.4 Å². The van der Waals surface area contributed by atoms with Crippen molar-refractivity contribution < 1.29 is 14.3 Å². The van der Waals surface area contributed by atoms with Crippen molar-refractivity contribution in [1.29, 1.82) is 0 Å². The van der Waals surface area contributed by atoms with Gasteiger partial charge in [0.25, 0.3) is 5.91 Å². The molecule has 2 aromatic carbocycles. The average molecular weight is 374 g/mol. The number of carbonyl (C=O) groups excluding carboxylic acids is 1. The lowest BCUT2D eigenvalue weighted by Crippen LogP contribution is -2.41. The van der Waals surface area contributed by atoms with Gasteiger partial charge in [-0.15, -0.1) is 11.3 Å². The van der Waals surface area contributed by atoms with Gasteiger partial charge in [-0.25, -0.2) is 0 Å². The molecule has 1 aromatic heterocycles. The molecule has 1 amide bonds. The number of likely N-dealkylation sites (N-methyl/N-ethyl adjacent to an activating group) is 1. The fourth-order valence-corrected chi connectivity index (χ4v) is 4.37. The van der Waals surface area contributed by atoms with Crippen LogP contribution in [0.4, 0.5) is 0 Å². The van der Waals surface area contributed by atoms with E-state index in [0.717, 1.165) is 15.8 Å². The summed E-state index contributed by atoms with van der Waals surface area (Å²) in [5.41, 5.74) is 0. The van der Waals surface area contributed by atoms with Gasteiger partial charge in [-0.3, -0.25) is 4.79 Å². The van der Waals surface area contributed by atoms with E-state index in [4.69, 9.17) is 21.1 Å². The molecule has 0 N–H and O–H groups in total. The first-order valence-corrected chi connectivity index (χ1v) is 9.14. The largest absolute Gasteiger partial charge is 0.486 e. The molecule has 0 radical (unpaired) electrons. The third-order valence-corrected chi connectivity index (χ3v) is 5.78. The maximum atomic E-state index is 12.8. The molecule has 3 aromatic rings. The van der Waals surface area contributed by atoms with Crippen molar-refractivity contribution in [3.63, 3.8) is 0 Å². The predicted molar refractivity (Wildman–Crippen MR) is 100 cm³/mol. The van der Waals surface area contributed by atoms with Crippen molar-refractivity contribution in [2.45, 2.75) is 6.10 Å². The summed E-state index contributed by atoms with van der Waals surface area (Å²) in [6.45, 7) is 0.840. The molecule has 2 heterocycles. The maximum Gasteiger partial charge on any atom is 0.265 e. The van der Waals surface area contributed by atoms with Gasteiger partial charge in [0.15, 0.2) is 17.6 Å². The van der Waals surface area contributed by atoms with Crippen LogP contribution in [0.15, 0.2) is 48.5 Å². The topological polar surface area (TPSA) is 38.8 Å². The van der Waals surface area contributed by atoms with Crippen molar-refractivity contribution in [3.8, 4) is 11.5 Å². The average Bonchev–Trinajstić information content (AvgIpc) is 2.98. The van der Waals surface area contributed by atoms with Crippen LogP contribution < -0.4 is 9.47 Å². The number of carbonyl (C=O) groups is 1. The zero-order chi connectivity index (χ0) is 17.4. The zero-order valence-electron chi connectivity index (χ0n) is 13.6. The molecule has 0 spiro atoms. The van der Waals surface area contributed by atoms with Crippen LogP contribution in [0, 0.1) is 0 Å². The normalized spacial score (nSPS) is 16.0. The Bertz CT molecular complexity index is 939. The van der Waals surface area contributed by atoms with E-state index in [1.54, 1.807) is 11.9 Å². The monoisotopic (exact) mass is 373 g/mol. The number of hydrogen-bond donors (Lipinski definition) is 0. The number of rotatable bonds is 3. The number of ether oxygens (including phenoxy) is 2. The van der Waals surface area contributed by atoms with Gasteiger partial charge in [0, 0.05) is 17.1 Å².